The highest BCUT2D eigenvalue weighted by Gasteiger charge is 2.16. The Bertz CT molecular complexity index is 255. The second kappa shape index (κ2) is 5.36. The number of nitrogens with one attached hydrogen (secondary N) is 1. The molecular formula is C8H18N2O2S. The van der Waals surface area contributed by atoms with Gasteiger partial charge in [0.15, 0.2) is 0 Å². The van der Waals surface area contributed by atoms with Crippen LogP contribution in [0.2, 0.25) is 0 Å². The van der Waals surface area contributed by atoms with Gasteiger partial charge in [-0.15, -0.1) is 0 Å². The summed E-state index contributed by atoms with van der Waals surface area (Å²) in [7, 11) is -3.30. The molecule has 4 nitrogen and oxygen atoms in total. The van der Waals surface area contributed by atoms with Crippen molar-refractivity contribution in [1.82, 2.24) is 9.03 Å². The molecule has 1 N–H and O–H groups in total. The van der Waals surface area contributed by atoms with Crippen LogP contribution < -0.4 is 4.72 Å². The highest BCUT2D eigenvalue weighted by molar-refractivity contribution is 7.87. The Balaban J connectivity index is 4.30. The van der Waals surface area contributed by atoms with Crippen LogP contribution in [0.5, 0.6) is 0 Å². The standard InChI is InChI=1S/C8H18N2O2S/c1-5-10(6-2)13(11,12)9-7-8(3)4/h9H,3,5-7H2,1-2,4H3. The van der Waals surface area contributed by atoms with Crippen molar-refractivity contribution in [2.75, 3.05) is 19.6 Å². The summed E-state index contributed by atoms with van der Waals surface area (Å²) in [5, 5.41) is 0. The molecule has 0 aliphatic heterocycles. The lowest BCUT2D eigenvalue weighted by Crippen LogP contribution is -2.40. The molecule has 0 atom stereocenters. The normalized spacial score (nSPS) is 12.0. The lowest BCUT2D eigenvalue weighted by atomic mass is 10.4. The van der Waals surface area contributed by atoms with Crippen molar-refractivity contribution in [3.63, 3.8) is 0 Å². The monoisotopic (exact) mass is 206 g/mol. The van der Waals surface area contributed by atoms with Crippen molar-refractivity contribution in [1.29, 1.82) is 0 Å². The van der Waals surface area contributed by atoms with E-state index in [1.165, 1.54) is 4.31 Å². The first-order valence-corrected chi connectivity index (χ1v) is 5.77. The van der Waals surface area contributed by atoms with Crippen molar-refractivity contribution in [3.05, 3.63) is 12.2 Å². The molecule has 0 aromatic heterocycles. The molecule has 0 aromatic rings. The molecule has 0 fully saturated rings. The fraction of sp³-hybridized carbons (Fsp3) is 0.750. The SMILES string of the molecule is C=C(C)CNS(=O)(=O)N(CC)CC. The van der Waals surface area contributed by atoms with Crippen LogP contribution in [-0.2, 0) is 10.2 Å². The minimum absolute atomic E-state index is 0.304. The lowest BCUT2D eigenvalue weighted by molar-refractivity contribution is 0.436. The first-order chi connectivity index (χ1) is 5.94. The molecule has 0 unspecified atom stereocenters. The molecule has 5 heteroatoms. The molecule has 78 valence electrons. The van der Waals surface area contributed by atoms with Crippen LogP contribution in [0.15, 0.2) is 12.2 Å². The van der Waals surface area contributed by atoms with Crippen LogP contribution in [0.25, 0.3) is 0 Å². The van der Waals surface area contributed by atoms with Gasteiger partial charge in [0.1, 0.15) is 0 Å². The minimum atomic E-state index is -3.30. The Hall–Kier alpha value is -0.390. The van der Waals surface area contributed by atoms with E-state index < -0.39 is 10.2 Å². The number of hydrogen-bond donors (Lipinski definition) is 1. The smallest absolute Gasteiger partial charge is 0.198 e. The van der Waals surface area contributed by atoms with Crippen molar-refractivity contribution < 1.29 is 8.42 Å². The molecule has 0 bridgehead atoms. The zero-order chi connectivity index (χ0) is 10.5. The fourth-order valence-electron chi connectivity index (χ4n) is 0.869. The number of nitrogens with zero attached hydrogens (tertiary/aromatic N) is 1. The van der Waals surface area contributed by atoms with Crippen LogP contribution in [0.3, 0.4) is 0 Å². The Labute approximate surface area is 80.8 Å². The molecule has 0 spiro atoms. The molecule has 0 saturated heterocycles. The van der Waals surface area contributed by atoms with Gasteiger partial charge in [0.05, 0.1) is 0 Å². The topological polar surface area (TPSA) is 49.4 Å². The Kier molecular flexibility index (Phi) is 5.20. The van der Waals surface area contributed by atoms with Crippen LogP contribution in [-0.4, -0.2) is 32.4 Å². The van der Waals surface area contributed by atoms with Gasteiger partial charge in [-0.05, 0) is 6.92 Å². The average Bonchev–Trinajstić information content (AvgIpc) is 2.03. The van der Waals surface area contributed by atoms with Crippen LogP contribution in [0.4, 0.5) is 0 Å². The summed E-state index contributed by atoms with van der Waals surface area (Å²) in [5.41, 5.74) is 0.802. The van der Waals surface area contributed by atoms with Gasteiger partial charge in [-0.2, -0.15) is 17.4 Å². The highest BCUT2D eigenvalue weighted by atomic mass is 32.2. The van der Waals surface area contributed by atoms with Crippen molar-refractivity contribution in [2.45, 2.75) is 20.8 Å². The van der Waals surface area contributed by atoms with Gasteiger partial charge in [0, 0.05) is 19.6 Å². The third kappa shape index (κ3) is 4.40. The van der Waals surface area contributed by atoms with E-state index >= 15 is 0 Å². The number of rotatable bonds is 6. The van der Waals surface area contributed by atoms with E-state index in [4.69, 9.17) is 0 Å². The second-order valence-electron chi connectivity index (χ2n) is 2.87. The van der Waals surface area contributed by atoms with Crippen LogP contribution >= 0.6 is 0 Å². The number of hydrogen-bond acceptors (Lipinski definition) is 2. The van der Waals surface area contributed by atoms with Gasteiger partial charge < -0.3 is 0 Å². The van der Waals surface area contributed by atoms with E-state index in [9.17, 15) is 8.42 Å². The highest BCUT2D eigenvalue weighted by Crippen LogP contribution is 1.97. The van der Waals surface area contributed by atoms with Gasteiger partial charge in [0.2, 0.25) is 0 Å². The zero-order valence-corrected chi connectivity index (χ0v) is 9.32. The molecule has 0 aliphatic carbocycles. The first kappa shape index (κ1) is 12.6. The summed E-state index contributed by atoms with van der Waals surface area (Å²) in [6.45, 7) is 10.3. The van der Waals surface area contributed by atoms with Gasteiger partial charge in [-0.1, -0.05) is 26.0 Å². The van der Waals surface area contributed by atoms with Crippen molar-refractivity contribution in [2.24, 2.45) is 0 Å². The van der Waals surface area contributed by atoms with E-state index in [0.29, 0.717) is 19.6 Å². The van der Waals surface area contributed by atoms with Crippen LogP contribution in [0.1, 0.15) is 20.8 Å². The van der Waals surface area contributed by atoms with E-state index in [0.717, 1.165) is 5.57 Å². The molecule has 13 heavy (non-hydrogen) atoms. The summed E-state index contributed by atoms with van der Waals surface area (Å²) in [4.78, 5) is 0. The summed E-state index contributed by atoms with van der Waals surface area (Å²) < 4.78 is 26.8. The Morgan fingerprint density at radius 3 is 2.15 bits per heavy atom. The summed E-state index contributed by atoms with van der Waals surface area (Å²) >= 11 is 0. The molecule has 0 saturated carbocycles. The van der Waals surface area contributed by atoms with E-state index in [1.807, 2.05) is 13.8 Å². The average molecular weight is 206 g/mol. The van der Waals surface area contributed by atoms with E-state index in [-0.39, 0.29) is 0 Å². The molecule has 0 aromatic carbocycles. The molecule has 0 radical (unpaired) electrons. The zero-order valence-electron chi connectivity index (χ0n) is 8.50. The predicted molar refractivity (Wildman–Crippen MR) is 54.7 cm³/mol. The lowest BCUT2D eigenvalue weighted by Gasteiger charge is -2.18. The van der Waals surface area contributed by atoms with Gasteiger partial charge >= 0.3 is 0 Å². The maximum absolute atomic E-state index is 11.5. The Morgan fingerprint density at radius 1 is 1.38 bits per heavy atom. The van der Waals surface area contributed by atoms with Gasteiger partial charge in [0.25, 0.3) is 10.2 Å². The molecule has 0 heterocycles. The summed E-state index contributed by atoms with van der Waals surface area (Å²) in [6.07, 6.45) is 0. The second-order valence-corrected chi connectivity index (χ2v) is 4.62. The third-order valence-electron chi connectivity index (χ3n) is 1.60. The van der Waals surface area contributed by atoms with E-state index in [1.54, 1.807) is 6.92 Å². The third-order valence-corrected chi connectivity index (χ3v) is 3.31. The van der Waals surface area contributed by atoms with E-state index in [2.05, 4.69) is 11.3 Å². The summed E-state index contributed by atoms with van der Waals surface area (Å²) in [6, 6.07) is 0. The molecule has 0 amide bonds. The molecule has 0 aliphatic rings. The minimum Gasteiger partial charge on any atom is -0.198 e. The van der Waals surface area contributed by atoms with Gasteiger partial charge in [-0.3, -0.25) is 0 Å². The quantitative estimate of drug-likeness (QED) is 0.652. The summed E-state index contributed by atoms with van der Waals surface area (Å²) in [5.74, 6) is 0. The van der Waals surface area contributed by atoms with Crippen LogP contribution in [0, 0.1) is 0 Å². The maximum atomic E-state index is 11.5. The maximum Gasteiger partial charge on any atom is 0.279 e. The Morgan fingerprint density at radius 2 is 1.85 bits per heavy atom. The fourth-order valence-corrected chi connectivity index (χ4v) is 2.16. The largest absolute Gasteiger partial charge is 0.279 e. The predicted octanol–water partition coefficient (Wildman–Crippen LogP) is 0.739. The van der Waals surface area contributed by atoms with Crippen molar-refractivity contribution in [3.8, 4) is 0 Å². The molecule has 0 rings (SSSR count). The van der Waals surface area contributed by atoms with Gasteiger partial charge in [-0.25, -0.2) is 0 Å². The first-order valence-electron chi connectivity index (χ1n) is 4.33. The van der Waals surface area contributed by atoms with Crippen molar-refractivity contribution >= 4 is 10.2 Å². The molecular weight excluding hydrogens is 188 g/mol.